The number of amides is 2. The van der Waals surface area contributed by atoms with Gasteiger partial charge in [-0.1, -0.05) is 33.3 Å². The van der Waals surface area contributed by atoms with E-state index < -0.39 is 6.04 Å². The number of imidazole rings is 1. The molecule has 0 aliphatic carbocycles. The summed E-state index contributed by atoms with van der Waals surface area (Å²) in [5.41, 5.74) is 4.19. The van der Waals surface area contributed by atoms with Crippen LogP contribution in [0, 0.1) is 0 Å². The Bertz CT molecular complexity index is 1420. The van der Waals surface area contributed by atoms with Gasteiger partial charge in [0, 0.05) is 47.4 Å². The lowest BCUT2D eigenvalue weighted by Crippen LogP contribution is -2.43. The summed E-state index contributed by atoms with van der Waals surface area (Å²) >= 11 is 1.73. The Morgan fingerprint density at radius 2 is 1.71 bits per heavy atom. The van der Waals surface area contributed by atoms with Crippen LogP contribution in [0.15, 0.2) is 60.0 Å². The summed E-state index contributed by atoms with van der Waals surface area (Å²) in [7, 11) is 0. The molecule has 1 atom stereocenters. The fraction of sp³-hybridized carbons (Fsp3) is 0.424. The van der Waals surface area contributed by atoms with Gasteiger partial charge in [0.05, 0.1) is 11.0 Å². The van der Waals surface area contributed by atoms with Crippen LogP contribution < -0.4 is 15.5 Å². The van der Waals surface area contributed by atoms with Gasteiger partial charge < -0.3 is 20.1 Å². The molecule has 2 N–H and O–H groups in total. The van der Waals surface area contributed by atoms with E-state index >= 15 is 0 Å². The smallest absolute Gasteiger partial charge is 0.252 e. The summed E-state index contributed by atoms with van der Waals surface area (Å²) in [6.07, 6.45) is 4.09. The minimum Gasteiger partial charge on any atom is -0.372 e. The predicted octanol–water partition coefficient (Wildman–Crippen LogP) is 7.43. The molecule has 0 spiro atoms. The molecule has 4 rings (SSSR count). The van der Waals surface area contributed by atoms with Gasteiger partial charge in [-0.3, -0.25) is 9.59 Å². The van der Waals surface area contributed by atoms with Crippen molar-refractivity contribution < 1.29 is 9.59 Å². The fourth-order valence-electron chi connectivity index (χ4n) is 5.42. The number of nitrogens with one attached hydrogen (secondary N) is 2. The Labute approximate surface area is 248 Å². The highest BCUT2D eigenvalue weighted by atomic mass is 32.1. The number of benzene rings is 2. The van der Waals surface area contributed by atoms with E-state index in [2.05, 4.69) is 65.3 Å². The number of anilines is 2. The van der Waals surface area contributed by atoms with Crippen molar-refractivity contribution in [1.82, 2.24) is 14.9 Å². The Kier molecular flexibility index (Phi) is 10.6. The molecule has 4 aromatic rings. The van der Waals surface area contributed by atoms with E-state index in [4.69, 9.17) is 4.98 Å². The number of hydrogen-bond donors (Lipinski definition) is 2. The summed E-state index contributed by atoms with van der Waals surface area (Å²) < 4.78 is 2.34. The van der Waals surface area contributed by atoms with Gasteiger partial charge in [-0.05, 0) is 87.0 Å². The lowest BCUT2D eigenvalue weighted by Gasteiger charge is -2.22. The molecule has 0 saturated carbocycles. The average molecular weight is 574 g/mol. The maximum atomic E-state index is 13.4. The molecule has 7 nitrogen and oxygen atoms in total. The highest BCUT2D eigenvalue weighted by Crippen LogP contribution is 2.28. The van der Waals surface area contributed by atoms with Crippen LogP contribution in [0.25, 0.3) is 11.0 Å². The second kappa shape index (κ2) is 14.3. The number of hydrogen-bond acceptors (Lipinski definition) is 5. The first-order valence-corrected chi connectivity index (χ1v) is 15.8. The number of fused-ring (bicyclic) bond motifs is 1. The van der Waals surface area contributed by atoms with Gasteiger partial charge in [-0.2, -0.15) is 0 Å². The van der Waals surface area contributed by atoms with E-state index in [1.807, 2.05) is 49.4 Å². The third-order valence-electron chi connectivity index (χ3n) is 7.71. The topological polar surface area (TPSA) is 79.3 Å². The van der Waals surface area contributed by atoms with Crippen molar-refractivity contribution in [2.24, 2.45) is 0 Å². The molecule has 2 aromatic heterocycles. The summed E-state index contributed by atoms with van der Waals surface area (Å²) in [5.74, 6) is 0.534. The molecule has 8 heteroatoms. The number of carbonyl (C=O) groups excluding carboxylic acids is 2. The normalized spacial score (nSPS) is 12.0. The van der Waals surface area contributed by atoms with E-state index in [-0.39, 0.29) is 11.8 Å². The van der Waals surface area contributed by atoms with Gasteiger partial charge in [0.2, 0.25) is 5.91 Å². The van der Waals surface area contributed by atoms with Crippen molar-refractivity contribution >= 4 is 45.6 Å². The third kappa shape index (κ3) is 7.17. The highest BCUT2D eigenvalue weighted by molar-refractivity contribution is 7.09. The zero-order valence-corrected chi connectivity index (χ0v) is 25.8. The molecule has 0 fully saturated rings. The Balaban J connectivity index is 1.52. The van der Waals surface area contributed by atoms with Crippen LogP contribution in [0.5, 0.6) is 0 Å². The first kappa shape index (κ1) is 30.3. The van der Waals surface area contributed by atoms with Crippen LogP contribution in [0.1, 0.15) is 87.4 Å². The van der Waals surface area contributed by atoms with Crippen LogP contribution >= 0.6 is 11.3 Å². The molecular formula is C33H43N5O2S. The average Bonchev–Trinajstić information content (AvgIpc) is 3.62. The maximum absolute atomic E-state index is 13.4. The van der Waals surface area contributed by atoms with Gasteiger partial charge in [-0.25, -0.2) is 4.98 Å². The zero-order valence-electron chi connectivity index (χ0n) is 24.9. The first-order valence-electron chi connectivity index (χ1n) is 14.9. The monoisotopic (exact) mass is 573 g/mol. The number of aromatic nitrogens is 2. The molecule has 0 bridgehead atoms. The van der Waals surface area contributed by atoms with Crippen molar-refractivity contribution in [3.05, 3.63) is 76.2 Å². The Hall–Kier alpha value is -3.65. The quantitative estimate of drug-likeness (QED) is 0.164. The minimum atomic E-state index is -0.637. The van der Waals surface area contributed by atoms with E-state index in [0.717, 1.165) is 61.3 Å². The summed E-state index contributed by atoms with van der Waals surface area (Å²) in [5, 5.41) is 8.05. The number of thiophene rings is 1. The van der Waals surface area contributed by atoms with Crippen LogP contribution in [-0.4, -0.2) is 40.5 Å². The van der Waals surface area contributed by atoms with E-state index in [1.165, 1.54) is 4.88 Å². The highest BCUT2D eigenvalue weighted by Gasteiger charge is 2.23. The van der Waals surface area contributed by atoms with Crippen LogP contribution in [-0.2, 0) is 11.2 Å². The molecule has 218 valence electrons. The zero-order chi connectivity index (χ0) is 29.4. The van der Waals surface area contributed by atoms with E-state index in [0.29, 0.717) is 23.7 Å². The SMILES string of the molecule is CCC[C@H](NC(=O)c1ccc2c(c1)nc(Cc1cccs1)n2C(CC)CC)C(=O)Nc1ccc(N(CC)CC)cc1. The molecule has 0 aliphatic rings. The van der Waals surface area contributed by atoms with Crippen molar-refractivity contribution in [2.75, 3.05) is 23.3 Å². The van der Waals surface area contributed by atoms with Crippen molar-refractivity contribution in [3.8, 4) is 0 Å². The lowest BCUT2D eigenvalue weighted by atomic mass is 10.1. The van der Waals surface area contributed by atoms with Gasteiger partial charge >= 0.3 is 0 Å². The van der Waals surface area contributed by atoms with Crippen molar-refractivity contribution in [3.63, 3.8) is 0 Å². The van der Waals surface area contributed by atoms with E-state index in [9.17, 15) is 9.59 Å². The van der Waals surface area contributed by atoms with Crippen LogP contribution in [0.2, 0.25) is 0 Å². The molecule has 0 saturated heterocycles. The number of nitrogens with zero attached hydrogens (tertiary/aromatic N) is 3. The first-order chi connectivity index (χ1) is 19.9. The lowest BCUT2D eigenvalue weighted by molar-refractivity contribution is -0.118. The largest absolute Gasteiger partial charge is 0.372 e. The Morgan fingerprint density at radius 1 is 0.976 bits per heavy atom. The number of carbonyl (C=O) groups is 2. The molecule has 0 aliphatic heterocycles. The fourth-order valence-corrected chi connectivity index (χ4v) is 6.12. The summed E-state index contributed by atoms with van der Waals surface area (Å²) in [4.78, 5) is 35.1. The molecule has 0 unspecified atom stereocenters. The molecular weight excluding hydrogens is 530 g/mol. The molecule has 2 heterocycles. The minimum absolute atomic E-state index is 0.215. The standard InChI is InChI=1S/C33H43N5O2S/c1-6-12-28(33(40)34-24-15-17-26(18-16-24)37(9-4)10-5)36-32(39)23-14-19-30-29(21-23)35-31(22-27-13-11-20-41-27)38(30)25(7-2)8-3/h11,13-21,25,28H,6-10,12,22H2,1-5H3,(H,34,40)(H,36,39)/t28-/m0/s1. The van der Waals surface area contributed by atoms with Crippen LogP contribution in [0.3, 0.4) is 0 Å². The summed E-state index contributed by atoms with van der Waals surface area (Å²) in [6, 6.07) is 17.5. The second-order valence-corrected chi connectivity index (χ2v) is 11.4. The molecule has 0 radical (unpaired) electrons. The van der Waals surface area contributed by atoms with Crippen LogP contribution in [0.4, 0.5) is 11.4 Å². The van der Waals surface area contributed by atoms with Crippen molar-refractivity contribution in [2.45, 2.75) is 78.8 Å². The number of rotatable bonds is 14. The third-order valence-corrected chi connectivity index (χ3v) is 8.58. The van der Waals surface area contributed by atoms with E-state index in [1.54, 1.807) is 11.3 Å². The van der Waals surface area contributed by atoms with Gasteiger partial charge in [-0.15, -0.1) is 11.3 Å². The Morgan fingerprint density at radius 3 is 2.32 bits per heavy atom. The van der Waals surface area contributed by atoms with Gasteiger partial charge in [0.15, 0.2) is 0 Å². The van der Waals surface area contributed by atoms with Gasteiger partial charge in [0.25, 0.3) is 5.91 Å². The van der Waals surface area contributed by atoms with Gasteiger partial charge in [0.1, 0.15) is 11.9 Å². The molecule has 41 heavy (non-hydrogen) atoms. The van der Waals surface area contributed by atoms with Crippen molar-refractivity contribution in [1.29, 1.82) is 0 Å². The second-order valence-electron chi connectivity index (χ2n) is 10.4. The molecule has 2 amide bonds. The molecule has 2 aromatic carbocycles. The predicted molar refractivity (Wildman–Crippen MR) is 171 cm³/mol. The summed E-state index contributed by atoms with van der Waals surface area (Å²) in [6.45, 7) is 12.5. The maximum Gasteiger partial charge on any atom is 0.252 e.